The molecule has 0 saturated heterocycles. The van der Waals surface area contributed by atoms with E-state index < -0.39 is 5.97 Å². The number of hydrogen-bond acceptors (Lipinski definition) is 3. The van der Waals surface area contributed by atoms with E-state index in [1.807, 2.05) is 23.9 Å². The highest BCUT2D eigenvalue weighted by Gasteiger charge is 2.19. The molecule has 3 nitrogen and oxygen atoms in total. The van der Waals surface area contributed by atoms with Crippen LogP contribution in [0.15, 0.2) is 48.5 Å². The van der Waals surface area contributed by atoms with Crippen LogP contribution in [0.5, 0.6) is 0 Å². The van der Waals surface area contributed by atoms with Crippen LogP contribution in [0.1, 0.15) is 32.3 Å². The number of carboxylic acids is 1. The number of benzene rings is 2. The van der Waals surface area contributed by atoms with Crippen LogP contribution in [0.2, 0.25) is 0 Å². The molecule has 0 bridgehead atoms. The van der Waals surface area contributed by atoms with Gasteiger partial charge in [0, 0.05) is 18.3 Å². The normalized spacial score (nSPS) is 17.0. The molecule has 1 atom stereocenters. The molecule has 2 aromatic carbocycles. The highest BCUT2D eigenvalue weighted by atomic mass is 32.2. The van der Waals surface area contributed by atoms with Gasteiger partial charge in [0.1, 0.15) is 0 Å². The summed E-state index contributed by atoms with van der Waals surface area (Å²) in [6.07, 6.45) is 1.16. The molecule has 1 aliphatic heterocycles. The Labute approximate surface area is 134 Å². The van der Waals surface area contributed by atoms with Gasteiger partial charge in [-0.3, -0.25) is 0 Å². The van der Waals surface area contributed by atoms with Gasteiger partial charge < -0.3 is 10.4 Å². The summed E-state index contributed by atoms with van der Waals surface area (Å²) in [6, 6.07) is 15.7. The second-order valence-electron chi connectivity index (χ2n) is 5.44. The van der Waals surface area contributed by atoms with Gasteiger partial charge in [-0.25, -0.2) is 4.79 Å². The van der Waals surface area contributed by atoms with Crippen molar-refractivity contribution in [2.24, 2.45) is 0 Å². The Morgan fingerprint density at radius 2 is 1.95 bits per heavy atom. The van der Waals surface area contributed by atoms with Gasteiger partial charge in [-0.05, 0) is 41.0 Å². The molecule has 4 heteroatoms. The predicted molar refractivity (Wildman–Crippen MR) is 90.5 cm³/mol. The van der Waals surface area contributed by atoms with E-state index in [0.717, 1.165) is 25.1 Å². The summed E-state index contributed by atoms with van der Waals surface area (Å²) in [5.41, 5.74) is 4.37. The van der Waals surface area contributed by atoms with Crippen LogP contribution < -0.4 is 5.32 Å². The summed E-state index contributed by atoms with van der Waals surface area (Å²) < 4.78 is 0. The topological polar surface area (TPSA) is 49.3 Å². The van der Waals surface area contributed by atoms with Crippen LogP contribution in [-0.4, -0.2) is 23.4 Å². The zero-order chi connectivity index (χ0) is 15.4. The Balaban J connectivity index is 1.56. The second-order valence-corrected chi connectivity index (χ2v) is 6.75. The number of nitrogens with one attached hydrogen (secondary N) is 1. The summed E-state index contributed by atoms with van der Waals surface area (Å²) >= 11 is 2.01. The summed E-state index contributed by atoms with van der Waals surface area (Å²) in [7, 11) is 0. The van der Waals surface area contributed by atoms with Crippen LogP contribution in [0.25, 0.3) is 0 Å². The SMILES string of the molecule is O=C(O)c1ccc(CNCC2SCCc3ccccc32)cc1. The third kappa shape index (κ3) is 3.51. The molecule has 22 heavy (non-hydrogen) atoms. The Morgan fingerprint density at radius 3 is 2.73 bits per heavy atom. The molecule has 2 aromatic rings. The van der Waals surface area contributed by atoms with Gasteiger partial charge in [0.05, 0.1) is 5.56 Å². The first-order chi connectivity index (χ1) is 10.7. The minimum absolute atomic E-state index is 0.334. The highest BCUT2D eigenvalue weighted by Crippen LogP contribution is 2.35. The Bertz CT molecular complexity index is 654. The van der Waals surface area contributed by atoms with E-state index in [9.17, 15) is 4.79 Å². The zero-order valence-corrected chi connectivity index (χ0v) is 13.1. The minimum Gasteiger partial charge on any atom is -0.478 e. The highest BCUT2D eigenvalue weighted by molar-refractivity contribution is 7.99. The Hall–Kier alpha value is -1.78. The summed E-state index contributed by atoms with van der Waals surface area (Å²) in [6.45, 7) is 1.70. The lowest BCUT2D eigenvalue weighted by Crippen LogP contribution is -2.22. The Kier molecular flexibility index (Phi) is 4.80. The van der Waals surface area contributed by atoms with Gasteiger partial charge in [0.2, 0.25) is 0 Å². The summed E-state index contributed by atoms with van der Waals surface area (Å²) in [4.78, 5) is 10.8. The molecule has 1 unspecified atom stereocenters. The van der Waals surface area contributed by atoms with Crippen molar-refractivity contribution in [2.45, 2.75) is 18.2 Å². The molecule has 0 aromatic heterocycles. The maximum atomic E-state index is 10.8. The number of thioether (sulfide) groups is 1. The van der Waals surface area contributed by atoms with Crippen molar-refractivity contribution in [3.63, 3.8) is 0 Å². The first-order valence-electron chi connectivity index (χ1n) is 7.46. The second kappa shape index (κ2) is 6.99. The van der Waals surface area contributed by atoms with Crippen molar-refractivity contribution in [3.8, 4) is 0 Å². The molecular weight excluding hydrogens is 294 g/mol. The quantitative estimate of drug-likeness (QED) is 0.887. The number of aromatic carboxylic acids is 1. The van der Waals surface area contributed by atoms with Crippen molar-refractivity contribution in [3.05, 3.63) is 70.8 Å². The third-order valence-electron chi connectivity index (χ3n) is 3.95. The molecule has 3 rings (SSSR count). The van der Waals surface area contributed by atoms with Gasteiger partial charge >= 0.3 is 5.97 Å². The first kappa shape index (κ1) is 15.1. The average Bonchev–Trinajstić information content (AvgIpc) is 2.55. The lowest BCUT2D eigenvalue weighted by Gasteiger charge is -2.25. The molecule has 0 aliphatic carbocycles. The van der Waals surface area contributed by atoms with E-state index in [2.05, 4.69) is 29.6 Å². The van der Waals surface area contributed by atoms with E-state index in [-0.39, 0.29) is 0 Å². The molecule has 0 radical (unpaired) electrons. The van der Waals surface area contributed by atoms with Crippen LogP contribution in [-0.2, 0) is 13.0 Å². The van der Waals surface area contributed by atoms with E-state index in [0.29, 0.717) is 10.8 Å². The third-order valence-corrected chi connectivity index (χ3v) is 5.21. The first-order valence-corrected chi connectivity index (χ1v) is 8.51. The number of rotatable bonds is 5. The smallest absolute Gasteiger partial charge is 0.335 e. The summed E-state index contributed by atoms with van der Waals surface area (Å²) in [5.74, 6) is 0.297. The number of hydrogen-bond donors (Lipinski definition) is 2. The van der Waals surface area contributed by atoms with Gasteiger partial charge in [0.25, 0.3) is 0 Å². The monoisotopic (exact) mass is 313 g/mol. The largest absolute Gasteiger partial charge is 0.478 e. The number of carbonyl (C=O) groups is 1. The van der Waals surface area contributed by atoms with Gasteiger partial charge in [0.15, 0.2) is 0 Å². The van der Waals surface area contributed by atoms with E-state index in [1.165, 1.54) is 16.9 Å². The fraction of sp³-hybridized carbons (Fsp3) is 0.278. The van der Waals surface area contributed by atoms with Crippen LogP contribution in [0, 0.1) is 0 Å². The molecule has 0 fully saturated rings. The van der Waals surface area contributed by atoms with Crippen molar-refractivity contribution in [1.82, 2.24) is 5.32 Å². The Morgan fingerprint density at radius 1 is 1.18 bits per heavy atom. The number of aryl methyl sites for hydroxylation is 1. The molecule has 0 spiro atoms. The number of carboxylic acid groups (broad SMARTS) is 1. The summed E-state index contributed by atoms with van der Waals surface area (Å²) in [5, 5.41) is 12.9. The van der Waals surface area contributed by atoms with E-state index in [1.54, 1.807) is 12.1 Å². The maximum Gasteiger partial charge on any atom is 0.335 e. The number of fused-ring (bicyclic) bond motifs is 1. The zero-order valence-electron chi connectivity index (χ0n) is 12.3. The lowest BCUT2D eigenvalue weighted by molar-refractivity contribution is 0.0697. The molecule has 114 valence electrons. The standard InChI is InChI=1S/C18H19NO2S/c20-18(21)15-7-5-13(6-8-15)11-19-12-17-16-4-2-1-3-14(16)9-10-22-17/h1-8,17,19H,9-12H2,(H,20,21). The molecule has 0 saturated carbocycles. The molecular formula is C18H19NO2S. The van der Waals surface area contributed by atoms with Crippen molar-refractivity contribution < 1.29 is 9.90 Å². The lowest BCUT2D eigenvalue weighted by atomic mass is 10.0. The van der Waals surface area contributed by atoms with Crippen molar-refractivity contribution in [1.29, 1.82) is 0 Å². The average molecular weight is 313 g/mol. The van der Waals surface area contributed by atoms with E-state index in [4.69, 9.17) is 5.11 Å². The molecule has 1 aliphatic rings. The maximum absolute atomic E-state index is 10.8. The predicted octanol–water partition coefficient (Wildman–Crippen LogP) is 3.51. The van der Waals surface area contributed by atoms with Crippen LogP contribution >= 0.6 is 11.8 Å². The molecule has 0 amide bonds. The fourth-order valence-electron chi connectivity index (χ4n) is 2.76. The minimum atomic E-state index is -0.880. The van der Waals surface area contributed by atoms with Crippen molar-refractivity contribution in [2.75, 3.05) is 12.3 Å². The van der Waals surface area contributed by atoms with Gasteiger partial charge in [-0.15, -0.1) is 0 Å². The van der Waals surface area contributed by atoms with Crippen molar-refractivity contribution >= 4 is 17.7 Å². The van der Waals surface area contributed by atoms with Crippen LogP contribution in [0.4, 0.5) is 0 Å². The van der Waals surface area contributed by atoms with Gasteiger partial charge in [-0.1, -0.05) is 36.4 Å². The van der Waals surface area contributed by atoms with Gasteiger partial charge in [-0.2, -0.15) is 11.8 Å². The molecule has 2 N–H and O–H groups in total. The van der Waals surface area contributed by atoms with E-state index >= 15 is 0 Å². The fourth-order valence-corrected chi connectivity index (χ4v) is 4.03. The van der Waals surface area contributed by atoms with Crippen LogP contribution in [0.3, 0.4) is 0 Å². The molecule has 1 heterocycles.